The third kappa shape index (κ3) is 2.20. The van der Waals surface area contributed by atoms with Crippen LogP contribution in [0.3, 0.4) is 0 Å². The summed E-state index contributed by atoms with van der Waals surface area (Å²) in [7, 11) is 0. The first kappa shape index (κ1) is 11.4. The van der Waals surface area contributed by atoms with Crippen LogP contribution in [-0.4, -0.2) is 0 Å². The van der Waals surface area contributed by atoms with E-state index in [1.165, 1.54) is 0 Å². The molecule has 0 bridgehead atoms. The minimum absolute atomic E-state index is 0.0914. The van der Waals surface area contributed by atoms with Gasteiger partial charge in [-0.2, -0.15) is 0 Å². The van der Waals surface area contributed by atoms with Crippen molar-refractivity contribution >= 4 is 15.9 Å². The molecule has 2 rings (SSSR count). The van der Waals surface area contributed by atoms with E-state index in [1.54, 1.807) is 6.26 Å². The lowest BCUT2D eigenvalue weighted by Gasteiger charge is -2.10. The van der Waals surface area contributed by atoms with Gasteiger partial charge >= 0.3 is 0 Å². The predicted octanol–water partition coefficient (Wildman–Crippen LogP) is 4.12. The van der Waals surface area contributed by atoms with Gasteiger partial charge in [0.25, 0.3) is 0 Å². The average molecular weight is 280 g/mol. The van der Waals surface area contributed by atoms with Crippen LogP contribution in [0.25, 0.3) is 11.3 Å². The first-order valence-corrected chi connectivity index (χ1v) is 6.10. The molecule has 0 fully saturated rings. The summed E-state index contributed by atoms with van der Waals surface area (Å²) >= 11 is 3.46. The first-order chi connectivity index (χ1) is 7.72. The van der Waals surface area contributed by atoms with Crippen molar-refractivity contribution < 1.29 is 4.42 Å². The zero-order valence-corrected chi connectivity index (χ0v) is 10.7. The van der Waals surface area contributed by atoms with Crippen LogP contribution in [0.15, 0.2) is 45.5 Å². The molecule has 1 atom stereocenters. The molecule has 16 heavy (non-hydrogen) atoms. The van der Waals surface area contributed by atoms with Gasteiger partial charge in [0.2, 0.25) is 0 Å². The van der Waals surface area contributed by atoms with E-state index in [0.717, 1.165) is 27.8 Å². The highest BCUT2D eigenvalue weighted by Crippen LogP contribution is 2.30. The number of benzene rings is 1. The van der Waals surface area contributed by atoms with E-state index >= 15 is 0 Å². The van der Waals surface area contributed by atoms with Gasteiger partial charge in [0, 0.05) is 11.6 Å². The highest BCUT2D eigenvalue weighted by molar-refractivity contribution is 9.10. The Morgan fingerprint density at radius 2 is 2.19 bits per heavy atom. The van der Waals surface area contributed by atoms with Gasteiger partial charge in [0.15, 0.2) is 0 Å². The van der Waals surface area contributed by atoms with Crippen LogP contribution in [0.5, 0.6) is 0 Å². The van der Waals surface area contributed by atoms with E-state index in [2.05, 4.69) is 35.0 Å². The molecular formula is C13H14BrNO. The maximum atomic E-state index is 6.01. The highest BCUT2D eigenvalue weighted by atomic mass is 79.9. The normalized spacial score (nSPS) is 12.7. The lowest BCUT2D eigenvalue weighted by atomic mass is 10.0. The molecule has 2 aromatic rings. The maximum Gasteiger partial charge on any atom is 0.148 e. The molecule has 1 aromatic carbocycles. The van der Waals surface area contributed by atoms with E-state index in [1.807, 2.05) is 18.2 Å². The van der Waals surface area contributed by atoms with Crippen LogP contribution in [0.4, 0.5) is 0 Å². The summed E-state index contributed by atoms with van der Waals surface area (Å²) < 4.78 is 6.40. The Balaban J connectivity index is 2.40. The molecule has 0 amide bonds. The Labute approximate surface area is 104 Å². The molecule has 84 valence electrons. The average Bonchev–Trinajstić information content (AvgIpc) is 2.74. The number of rotatable bonds is 3. The number of hydrogen-bond acceptors (Lipinski definition) is 2. The van der Waals surface area contributed by atoms with Gasteiger partial charge in [-0.3, -0.25) is 0 Å². The minimum Gasteiger partial charge on any atom is -0.463 e. The van der Waals surface area contributed by atoms with Crippen LogP contribution >= 0.6 is 15.9 Å². The highest BCUT2D eigenvalue weighted by Gasteiger charge is 2.09. The maximum absolute atomic E-state index is 6.01. The second kappa shape index (κ2) is 4.85. The van der Waals surface area contributed by atoms with E-state index in [9.17, 15) is 0 Å². The molecule has 1 unspecified atom stereocenters. The summed E-state index contributed by atoms with van der Waals surface area (Å²) in [5.74, 6) is 0.852. The fourth-order valence-corrected chi connectivity index (χ4v) is 2.08. The Morgan fingerprint density at radius 1 is 1.38 bits per heavy atom. The summed E-state index contributed by atoms with van der Waals surface area (Å²) in [6.45, 7) is 2.08. The summed E-state index contributed by atoms with van der Waals surface area (Å²) in [5, 5.41) is 0. The standard InChI is InChI=1S/C13H14BrNO/c1-2-12(15)9-4-3-5-10(8-9)13-11(14)6-7-16-13/h3-8,12H,2,15H2,1H3. The van der Waals surface area contributed by atoms with Crippen LogP contribution in [0, 0.1) is 0 Å². The molecule has 3 heteroatoms. The van der Waals surface area contributed by atoms with Gasteiger partial charge < -0.3 is 10.2 Å². The van der Waals surface area contributed by atoms with E-state index in [-0.39, 0.29) is 6.04 Å². The van der Waals surface area contributed by atoms with Crippen molar-refractivity contribution in [1.82, 2.24) is 0 Å². The molecule has 0 aliphatic carbocycles. The molecular weight excluding hydrogens is 266 g/mol. The van der Waals surface area contributed by atoms with Crippen LogP contribution in [0.1, 0.15) is 24.9 Å². The van der Waals surface area contributed by atoms with Crippen molar-refractivity contribution in [3.8, 4) is 11.3 Å². The summed E-state index contributed by atoms with van der Waals surface area (Å²) in [6, 6.07) is 10.1. The quantitative estimate of drug-likeness (QED) is 0.918. The molecule has 0 saturated heterocycles. The van der Waals surface area contributed by atoms with Crippen molar-refractivity contribution in [2.24, 2.45) is 5.73 Å². The fourth-order valence-electron chi connectivity index (χ4n) is 1.65. The summed E-state index contributed by atoms with van der Waals surface area (Å²) in [5.41, 5.74) is 8.21. The zero-order valence-electron chi connectivity index (χ0n) is 9.11. The third-order valence-electron chi connectivity index (χ3n) is 2.63. The molecule has 2 N–H and O–H groups in total. The van der Waals surface area contributed by atoms with Gasteiger partial charge in [0.1, 0.15) is 5.76 Å². The number of halogens is 1. The molecule has 0 saturated carbocycles. The number of nitrogens with two attached hydrogens (primary N) is 1. The Kier molecular flexibility index (Phi) is 3.46. The molecule has 0 aliphatic heterocycles. The molecule has 0 radical (unpaired) electrons. The number of hydrogen-bond donors (Lipinski definition) is 1. The largest absolute Gasteiger partial charge is 0.463 e. The van der Waals surface area contributed by atoms with Gasteiger partial charge in [-0.15, -0.1) is 0 Å². The minimum atomic E-state index is 0.0914. The molecule has 1 heterocycles. The van der Waals surface area contributed by atoms with E-state index < -0.39 is 0 Å². The van der Waals surface area contributed by atoms with Crippen molar-refractivity contribution in [2.45, 2.75) is 19.4 Å². The molecule has 0 spiro atoms. The topological polar surface area (TPSA) is 39.2 Å². The predicted molar refractivity (Wildman–Crippen MR) is 69.1 cm³/mol. The second-order valence-corrected chi connectivity index (χ2v) is 4.59. The van der Waals surface area contributed by atoms with Gasteiger partial charge in [0.05, 0.1) is 10.7 Å². The Morgan fingerprint density at radius 3 is 2.81 bits per heavy atom. The van der Waals surface area contributed by atoms with Crippen molar-refractivity contribution in [3.63, 3.8) is 0 Å². The molecule has 1 aromatic heterocycles. The summed E-state index contributed by atoms with van der Waals surface area (Å²) in [4.78, 5) is 0. The van der Waals surface area contributed by atoms with Crippen LogP contribution in [-0.2, 0) is 0 Å². The zero-order chi connectivity index (χ0) is 11.5. The van der Waals surface area contributed by atoms with E-state index in [0.29, 0.717) is 0 Å². The van der Waals surface area contributed by atoms with Gasteiger partial charge in [-0.05, 0) is 40.0 Å². The van der Waals surface area contributed by atoms with Gasteiger partial charge in [-0.25, -0.2) is 0 Å². The Hall–Kier alpha value is -1.06. The van der Waals surface area contributed by atoms with Crippen molar-refractivity contribution in [3.05, 3.63) is 46.6 Å². The third-order valence-corrected chi connectivity index (χ3v) is 3.26. The van der Waals surface area contributed by atoms with Crippen molar-refractivity contribution in [1.29, 1.82) is 0 Å². The van der Waals surface area contributed by atoms with Crippen molar-refractivity contribution in [2.75, 3.05) is 0 Å². The SMILES string of the molecule is CCC(N)c1cccc(-c2occc2Br)c1. The summed E-state index contributed by atoms with van der Waals surface area (Å²) in [6.07, 6.45) is 2.61. The van der Waals surface area contributed by atoms with Crippen LogP contribution < -0.4 is 5.73 Å². The second-order valence-electron chi connectivity index (χ2n) is 3.74. The smallest absolute Gasteiger partial charge is 0.148 e. The lowest BCUT2D eigenvalue weighted by molar-refractivity contribution is 0.581. The molecule has 0 aliphatic rings. The fraction of sp³-hybridized carbons (Fsp3) is 0.231. The molecule has 2 nitrogen and oxygen atoms in total. The van der Waals surface area contributed by atoms with E-state index in [4.69, 9.17) is 10.2 Å². The number of furan rings is 1. The van der Waals surface area contributed by atoms with Crippen LogP contribution in [0.2, 0.25) is 0 Å². The first-order valence-electron chi connectivity index (χ1n) is 5.31. The van der Waals surface area contributed by atoms with Gasteiger partial charge in [-0.1, -0.05) is 25.1 Å². The monoisotopic (exact) mass is 279 g/mol. The lowest BCUT2D eigenvalue weighted by Crippen LogP contribution is -2.08. The Bertz CT molecular complexity index is 478.